The Morgan fingerprint density at radius 1 is 1.04 bits per heavy atom. The zero-order chi connectivity index (χ0) is 19.9. The number of ether oxygens (including phenoxy) is 1. The first-order valence-corrected chi connectivity index (χ1v) is 11.0. The quantitative estimate of drug-likeness (QED) is 0.447. The summed E-state index contributed by atoms with van der Waals surface area (Å²) in [4.78, 5) is 16.4. The van der Waals surface area contributed by atoms with Gasteiger partial charge in [0.25, 0.3) is 21.2 Å². The first-order valence-electron chi connectivity index (χ1n) is 8.15. The van der Waals surface area contributed by atoms with Gasteiger partial charge in [-0.25, -0.2) is 0 Å². The lowest BCUT2D eigenvalue weighted by Gasteiger charge is -2.18. The van der Waals surface area contributed by atoms with E-state index in [1.807, 2.05) is 30.3 Å². The molecule has 4 rings (SSSR count). The van der Waals surface area contributed by atoms with Crippen LogP contribution in [0.2, 0.25) is 0 Å². The molecule has 0 bridgehead atoms. The molecule has 2 aromatic rings. The molecule has 1 N–H and O–H groups in total. The molecule has 1 amide bonds. The molecule has 10 heteroatoms. The third-order valence-corrected chi connectivity index (χ3v) is 6.18. The molecule has 28 heavy (non-hydrogen) atoms. The summed E-state index contributed by atoms with van der Waals surface area (Å²) in [6.45, 7) is 0.241. The monoisotopic (exact) mass is 434 g/mol. The molecule has 1 saturated heterocycles. The first-order chi connectivity index (χ1) is 13.3. The van der Waals surface area contributed by atoms with Gasteiger partial charge in [0.15, 0.2) is 5.88 Å². The van der Waals surface area contributed by atoms with Crippen LogP contribution in [0.4, 0.5) is 5.69 Å². The van der Waals surface area contributed by atoms with Crippen molar-refractivity contribution in [1.29, 1.82) is 0 Å². The Balaban J connectivity index is 1.71. The standard InChI is InChI=1S/C18H14N2O5S3/c21-16-15(25-18(26)19(16)10-12-6-2-1-3-7-12)17-20(11-28(22,23)24)13-8-4-5-9-14(13)27-17/h1-9H,10-11H2,(H,22,23,24)/b17-15-. The van der Waals surface area contributed by atoms with E-state index in [4.69, 9.17) is 17.0 Å². The van der Waals surface area contributed by atoms with Crippen molar-refractivity contribution in [1.82, 2.24) is 4.90 Å². The second-order valence-corrected chi connectivity index (χ2v) is 8.89. The number of nitrogens with zero attached hydrogens (tertiary/aromatic N) is 2. The van der Waals surface area contributed by atoms with Crippen LogP contribution in [0.3, 0.4) is 0 Å². The molecule has 0 radical (unpaired) electrons. The van der Waals surface area contributed by atoms with Gasteiger partial charge in [0.1, 0.15) is 5.03 Å². The third kappa shape index (κ3) is 3.63. The average Bonchev–Trinajstić information content (AvgIpc) is 3.14. The molecular weight excluding hydrogens is 420 g/mol. The van der Waals surface area contributed by atoms with E-state index in [2.05, 4.69) is 0 Å². The summed E-state index contributed by atoms with van der Waals surface area (Å²) >= 11 is 6.41. The molecule has 0 saturated carbocycles. The van der Waals surface area contributed by atoms with E-state index in [0.29, 0.717) is 5.69 Å². The number of carbonyl (C=O) groups is 1. The van der Waals surface area contributed by atoms with E-state index in [1.54, 1.807) is 24.3 Å². The molecule has 7 nitrogen and oxygen atoms in total. The minimum Gasteiger partial charge on any atom is -0.423 e. The second kappa shape index (κ2) is 7.21. The van der Waals surface area contributed by atoms with Gasteiger partial charge in [-0.3, -0.25) is 14.2 Å². The van der Waals surface area contributed by atoms with Gasteiger partial charge in [0, 0.05) is 4.90 Å². The number of anilines is 1. The van der Waals surface area contributed by atoms with Crippen LogP contribution in [0.5, 0.6) is 0 Å². The molecule has 2 heterocycles. The lowest BCUT2D eigenvalue weighted by atomic mass is 10.2. The maximum atomic E-state index is 13.0. The van der Waals surface area contributed by atoms with Crippen molar-refractivity contribution in [3.63, 3.8) is 0 Å². The summed E-state index contributed by atoms with van der Waals surface area (Å²) in [5.41, 5.74) is 1.45. The van der Waals surface area contributed by atoms with Gasteiger partial charge >= 0.3 is 0 Å². The molecular formula is C18H14N2O5S3. The largest absolute Gasteiger partial charge is 0.423 e. The molecule has 0 aliphatic carbocycles. The molecule has 0 unspecified atom stereocenters. The van der Waals surface area contributed by atoms with E-state index in [-0.39, 0.29) is 22.5 Å². The number of amides is 1. The highest BCUT2D eigenvalue weighted by Gasteiger charge is 2.41. The average molecular weight is 435 g/mol. The van der Waals surface area contributed by atoms with Crippen LogP contribution in [0.1, 0.15) is 5.56 Å². The van der Waals surface area contributed by atoms with Crippen LogP contribution >= 0.6 is 24.0 Å². The highest BCUT2D eigenvalue weighted by atomic mass is 32.2. The summed E-state index contributed by atoms with van der Waals surface area (Å²) in [6, 6.07) is 16.4. The molecule has 2 aliphatic rings. The number of thiocarbonyl (C=S) groups is 1. The van der Waals surface area contributed by atoms with Crippen molar-refractivity contribution in [2.75, 3.05) is 10.8 Å². The highest BCUT2D eigenvalue weighted by Crippen LogP contribution is 2.48. The summed E-state index contributed by atoms with van der Waals surface area (Å²) in [6.07, 6.45) is 0. The number of hydrogen-bond acceptors (Lipinski definition) is 7. The number of thioether (sulfide) groups is 1. The number of hydrogen-bond donors (Lipinski definition) is 1. The van der Waals surface area contributed by atoms with E-state index < -0.39 is 21.9 Å². The normalized spacial score (nSPS) is 19.2. The molecule has 2 aromatic carbocycles. The van der Waals surface area contributed by atoms with Crippen molar-refractivity contribution in [3.05, 3.63) is 70.9 Å². The summed E-state index contributed by atoms with van der Waals surface area (Å²) in [5.74, 6) is -1.20. The predicted octanol–water partition coefficient (Wildman–Crippen LogP) is 2.96. The number of rotatable bonds is 4. The summed E-state index contributed by atoms with van der Waals surface area (Å²) in [5, 5.41) is 0.279. The number of fused-ring (bicyclic) bond motifs is 1. The van der Waals surface area contributed by atoms with Gasteiger partial charge in [-0.05, 0) is 29.9 Å². The van der Waals surface area contributed by atoms with Gasteiger partial charge in [0.2, 0.25) is 5.76 Å². The van der Waals surface area contributed by atoms with Gasteiger partial charge in [-0.15, -0.1) is 0 Å². The Hall–Kier alpha value is -2.40. The molecule has 2 aliphatic heterocycles. The van der Waals surface area contributed by atoms with Gasteiger partial charge < -0.3 is 9.64 Å². The van der Waals surface area contributed by atoms with Gasteiger partial charge in [0.05, 0.1) is 12.2 Å². The summed E-state index contributed by atoms with van der Waals surface area (Å²) in [7, 11) is -4.34. The number of carbonyl (C=O) groups excluding carboxylic acids is 1. The minimum absolute atomic E-state index is 0.000264. The first kappa shape index (κ1) is 18.9. The summed E-state index contributed by atoms with van der Waals surface area (Å²) < 4.78 is 38.0. The third-order valence-electron chi connectivity index (χ3n) is 4.13. The van der Waals surface area contributed by atoms with Gasteiger partial charge in [-0.1, -0.05) is 54.2 Å². The Kier molecular flexibility index (Phi) is 4.88. The van der Waals surface area contributed by atoms with E-state index in [1.165, 1.54) is 21.6 Å². The fourth-order valence-corrected chi connectivity index (χ4v) is 4.96. The second-order valence-electron chi connectivity index (χ2n) is 6.09. The predicted molar refractivity (Wildman–Crippen MR) is 109 cm³/mol. The minimum atomic E-state index is -4.34. The van der Waals surface area contributed by atoms with Crippen LogP contribution in [-0.4, -0.2) is 34.8 Å². The molecule has 1 fully saturated rings. The Labute approximate surface area is 171 Å². The van der Waals surface area contributed by atoms with E-state index >= 15 is 0 Å². The van der Waals surface area contributed by atoms with Crippen LogP contribution in [-0.2, 0) is 26.2 Å². The Morgan fingerprint density at radius 2 is 1.71 bits per heavy atom. The smallest absolute Gasteiger partial charge is 0.300 e. The molecule has 0 spiro atoms. The van der Waals surface area contributed by atoms with Crippen LogP contribution in [0.25, 0.3) is 0 Å². The lowest BCUT2D eigenvalue weighted by molar-refractivity contribution is -0.123. The lowest BCUT2D eigenvalue weighted by Crippen LogP contribution is -2.30. The van der Waals surface area contributed by atoms with Crippen molar-refractivity contribution < 1.29 is 22.5 Å². The van der Waals surface area contributed by atoms with Crippen LogP contribution < -0.4 is 4.90 Å². The molecule has 0 atom stereocenters. The zero-order valence-corrected chi connectivity index (χ0v) is 16.8. The number of para-hydroxylation sites is 1. The Morgan fingerprint density at radius 3 is 2.43 bits per heavy atom. The zero-order valence-electron chi connectivity index (χ0n) is 14.3. The number of benzene rings is 2. The van der Waals surface area contributed by atoms with E-state index in [0.717, 1.165) is 10.5 Å². The fraction of sp³-hybridized carbons (Fsp3) is 0.111. The maximum Gasteiger partial charge on any atom is 0.300 e. The topological polar surface area (TPSA) is 87.2 Å². The maximum absolute atomic E-state index is 13.0. The Bertz CT molecular complexity index is 1100. The SMILES string of the molecule is O=C1/C(=C2/Sc3ccccc3N2CS(=O)(=O)O)OC(=S)N1Cc1ccccc1. The van der Waals surface area contributed by atoms with Crippen LogP contribution in [0, 0.1) is 0 Å². The van der Waals surface area contributed by atoms with Gasteiger partial charge in [-0.2, -0.15) is 8.42 Å². The fourth-order valence-electron chi connectivity index (χ4n) is 2.92. The van der Waals surface area contributed by atoms with Crippen molar-refractivity contribution in [2.45, 2.75) is 11.4 Å². The van der Waals surface area contributed by atoms with Crippen molar-refractivity contribution in [3.8, 4) is 0 Å². The molecule has 144 valence electrons. The molecule has 0 aromatic heterocycles. The van der Waals surface area contributed by atoms with Crippen molar-refractivity contribution in [2.24, 2.45) is 0 Å². The van der Waals surface area contributed by atoms with Crippen LogP contribution in [0.15, 0.2) is 70.3 Å². The van der Waals surface area contributed by atoms with Crippen molar-refractivity contribution >= 4 is 50.9 Å². The highest BCUT2D eigenvalue weighted by molar-refractivity contribution is 8.03. The van der Waals surface area contributed by atoms with E-state index in [9.17, 15) is 17.8 Å².